The van der Waals surface area contributed by atoms with Crippen LogP contribution in [-0.4, -0.2) is 22.2 Å². The molecule has 0 radical (unpaired) electrons. The van der Waals surface area contributed by atoms with Crippen molar-refractivity contribution in [1.29, 1.82) is 0 Å². The predicted octanol–water partition coefficient (Wildman–Crippen LogP) is 5.82. The number of aromatic nitrogens is 1. The van der Waals surface area contributed by atoms with Crippen molar-refractivity contribution in [1.82, 2.24) is 9.88 Å². The molecule has 0 bridgehead atoms. The van der Waals surface area contributed by atoms with Crippen molar-refractivity contribution in [3.8, 4) is 0 Å². The lowest BCUT2D eigenvalue weighted by atomic mass is 10.1. The first kappa shape index (κ1) is 22.1. The Bertz CT molecular complexity index is 1270. The molecule has 4 aromatic rings. The van der Waals surface area contributed by atoms with Crippen LogP contribution in [0.1, 0.15) is 32.7 Å². The minimum Gasteiger partial charge on any atom is -0.477 e. The molecule has 0 amide bonds. The van der Waals surface area contributed by atoms with Crippen LogP contribution in [0.4, 0.5) is 4.39 Å². The molecule has 6 heteroatoms. The van der Waals surface area contributed by atoms with Crippen molar-refractivity contribution in [3.05, 3.63) is 106 Å². The number of carbonyl (C=O) groups is 1. The number of benzene rings is 3. The number of hydrogen-bond acceptors (Lipinski definition) is 2. The summed E-state index contributed by atoms with van der Waals surface area (Å²) in [5.41, 5.74) is 4.87. The van der Waals surface area contributed by atoms with Gasteiger partial charge in [0.2, 0.25) is 0 Å². The highest BCUT2D eigenvalue weighted by molar-refractivity contribution is 6.31. The molecule has 0 fully saturated rings. The fourth-order valence-corrected chi connectivity index (χ4v) is 4.21. The maximum atomic E-state index is 13.5. The number of fused-ring (bicyclic) bond motifs is 1. The van der Waals surface area contributed by atoms with E-state index >= 15 is 0 Å². The monoisotopic (exact) mass is 450 g/mol. The molecule has 0 aliphatic heterocycles. The van der Waals surface area contributed by atoms with E-state index in [2.05, 4.69) is 36.5 Å². The van der Waals surface area contributed by atoms with E-state index < -0.39 is 11.8 Å². The Balaban J connectivity index is 1.62. The smallest absolute Gasteiger partial charge is 0.352 e. The molecular weight excluding hydrogens is 427 g/mol. The molecule has 164 valence electrons. The number of aryl methyl sites for hydroxylation is 1. The molecule has 0 saturated carbocycles. The number of nitrogens with zero attached hydrogens (tertiary/aromatic N) is 1. The van der Waals surface area contributed by atoms with E-state index in [1.165, 1.54) is 23.3 Å². The Morgan fingerprint density at radius 1 is 1.09 bits per heavy atom. The Morgan fingerprint density at radius 3 is 2.56 bits per heavy atom. The number of nitrogens with one attached hydrogen (secondary N) is 1. The van der Waals surface area contributed by atoms with E-state index in [0.717, 1.165) is 29.4 Å². The van der Waals surface area contributed by atoms with E-state index in [1.54, 1.807) is 10.6 Å². The molecule has 0 saturated heterocycles. The van der Waals surface area contributed by atoms with Crippen LogP contribution in [0, 0.1) is 12.7 Å². The van der Waals surface area contributed by atoms with Gasteiger partial charge in [-0.15, -0.1) is 0 Å². The van der Waals surface area contributed by atoms with Gasteiger partial charge in [-0.1, -0.05) is 65.7 Å². The molecule has 4 rings (SSSR count). The number of halogens is 2. The third-order valence-corrected chi connectivity index (χ3v) is 5.99. The average molecular weight is 451 g/mol. The lowest BCUT2D eigenvalue weighted by Gasteiger charge is -2.11. The molecular formula is C26H24ClFN2O2. The second kappa shape index (κ2) is 9.55. The van der Waals surface area contributed by atoms with Crippen molar-refractivity contribution in [3.63, 3.8) is 0 Å². The molecule has 0 atom stereocenters. The van der Waals surface area contributed by atoms with Crippen LogP contribution in [-0.2, 0) is 19.5 Å². The van der Waals surface area contributed by atoms with Crippen molar-refractivity contribution in [2.45, 2.75) is 26.4 Å². The average Bonchev–Trinajstić information content (AvgIpc) is 3.08. The molecule has 3 aromatic carbocycles. The molecule has 4 nitrogen and oxygen atoms in total. The number of para-hydroxylation sites is 1. The van der Waals surface area contributed by atoms with Gasteiger partial charge in [-0.05, 0) is 49.2 Å². The van der Waals surface area contributed by atoms with Gasteiger partial charge < -0.3 is 15.0 Å². The molecule has 0 spiro atoms. The zero-order valence-corrected chi connectivity index (χ0v) is 18.5. The second-order valence-corrected chi connectivity index (χ2v) is 8.29. The van der Waals surface area contributed by atoms with Gasteiger partial charge in [-0.25, -0.2) is 9.18 Å². The number of aromatic carboxylic acids is 1. The number of carboxylic acids is 1. The van der Waals surface area contributed by atoms with E-state index in [9.17, 15) is 14.3 Å². The Labute approximate surface area is 191 Å². The van der Waals surface area contributed by atoms with Crippen LogP contribution < -0.4 is 5.32 Å². The SMILES string of the molecule is Cc1ccc(CCNCc2c(C(=O)O)n(Cc3ccc(F)cc3Cl)c3ccccc23)cc1. The normalized spacial score (nSPS) is 11.2. The van der Waals surface area contributed by atoms with Crippen LogP contribution in [0.15, 0.2) is 66.7 Å². The lowest BCUT2D eigenvalue weighted by Crippen LogP contribution is -2.19. The van der Waals surface area contributed by atoms with Crippen LogP contribution in [0.3, 0.4) is 0 Å². The fourth-order valence-electron chi connectivity index (χ4n) is 3.98. The minimum atomic E-state index is -1.00. The first-order valence-electron chi connectivity index (χ1n) is 10.5. The van der Waals surface area contributed by atoms with Gasteiger partial charge in [0, 0.05) is 34.6 Å². The van der Waals surface area contributed by atoms with Gasteiger partial charge in [0.1, 0.15) is 11.5 Å². The van der Waals surface area contributed by atoms with Crippen LogP contribution >= 0.6 is 11.6 Å². The van der Waals surface area contributed by atoms with E-state index in [1.807, 2.05) is 24.3 Å². The summed E-state index contributed by atoms with van der Waals surface area (Å²) in [5.74, 6) is -1.43. The van der Waals surface area contributed by atoms with Crippen molar-refractivity contribution >= 4 is 28.5 Å². The van der Waals surface area contributed by atoms with Crippen LogP contribution in [0.25, 0.3) is 10.9 Å². The predicted molar refractivity (Wildman–Crippen MR) is 126 cm³/mol. The zero-order valence-electron chi connectivity index (χ0n) is 17.7. The van der Waals surface area contributed by atoms with Gasteiger partial charge in [-0.3, -0.25) is 0 Å². The van der Waals surface area contributed by atoms with Gasteiger partial charge >= 0.3 is 5.97 Å². The third-order valence-electron chi connectivity index (χ3n) is 5.63. The van der Waals surface area contributed by atoms with Crippen molar-refractivity contribution in [2.24, 2.45) is 0 Å². The minimum absolute atomic E-state index is 0.217. The lowest BCUT2D eigenvalue weighted by molar-refractivity contribution is 0.0684. The number of rotatable bonds is 8. The van der Waals surface area contributed by atoms with Crippen LogP contribution in [0.5, 0.6) is 0 Å². The Morgan fingerprint density at radius 2 is 1.84 bits per heavy atom. The second-order valence-electron chi connectivity index (χ2n) is 7.88. The molecule has 0 aliphatic carbocycles. The van der Waals surface area contributed by atoms with E-state index in [-0.39, 0.29) is 17.3 Å². The highest BCUT2D eigenvalue weighted by atomic mass is 35.5. The standard InChI is InChI=1S/C26H24ClFN2O2/c1-17-6-8-18(9-7-17)12-13-29-15-22-21-4-2-3-5-24(21)30(25(22)26(31)32)16-19-10-11-20(28)14-23(19)27/h2-11,14,29H,12-13,15-16H2,1H3,(H,31,32). The molecule has 2 N–H and O–H groups in total. The van der Waals surface area contributed by atoms with Crippen molar-refractivity contribution in [2.75, 3.05) is 6.54 Å². The summed E-state index contributed by atoms with van der Waals surface area (Å²) >= 11 is 6.23. The molecule has 1 aromatic heterocycles. The first-order chi connectivity index (χ1) is 15.4. The quantitative estimate of drug-likeness (QED) is 0.332. The van der Waals surface area contributed by atoms with Gasteiger partial charge in [0.05, 0.1) is 0 Å². The summed E-state index contributed by atoms with van der Waals surface area (Å²) in [4.78, 5) is 12.3. The van der Waals surface area contributed by atoms with Gasteiger partial charge in [0.25, 0.3) is 0 Å². The topological polar surface area (TPSA) is 54.3 Å². The summed E-state index contributed by atoms with van der Waals surface area (Å²) in [6.45, 7) is 3.46. The number of hydrogen-bond donors (Lipinski definition) is 2. The first-order valence-corrected chi connectivity index (χ1v) is 10.9. The summed E-state index contributed by atoms with van der Waals surface area (Å²) in [7, 11) is 0. The number of carboxylic acid groups (broad SMARTS) is 1. The van der Waals surface area contributed by atoms with E-state index in [0.29, 0.717) is 12.1 Å². The maximum Gasteiger partial charge on any atom is 0.352 e. The Kier molecular flexibility index (Phi) is 6.58. The zero-order chi connectivity index (χ0) is 22.7. The highest BCUT2D eigenvalue weighted by Crippen LogP contribution is 2.29. The van der Waals surface area contributed by atoms with Crippen LogP contribution in [0.2, 0.25) is 5.02 Å². The van der Waals surface area contributed by atoms with E-state index in [4.69, 9.17) is 11.6 Å². The summed E-state index contributed by atoms with van der Waals surface area (Å²) in [5, 5.41) is 14.6. The molecule has 0 unspecified atom stereocenters. The summed E-state index contributed by atoms with van der Waals surface area (Å²) in [6, 6.07) is 20.2. The molecule has 0 aliphatic rings. The molecule has 1 heterocycles. The van der Waals surface area contributed by atoms with Gasteiger partial charge in [-0.2, -0.15) is 0 Å². The maximum absolute atomic E-state index is 13.5. The van der Waals surface area contributed by atoms with Crippen molar-refractivity contribution < 1.29 is 14.3 Å². The largest absolute Gasteiger partial charge is 0.477 e. The fraction of sp³-hybridized carbons (Fsp3) is 0.192. The van der Waals surface area contributed by atoms with Gasteiger partial charge in [0.15, 0.2) is 0 Å². The summed E-state index contributed by atoms with van der Waals surface area (Å²) < 4.78 is 15.2. The third kappa shape index (κ3) is 4.69. The summed E-state index contributed by atoms with van der Waals surface area (Å²) in [6.07, 6.45) is 0.854. The Hall–Kier alpha value is -3.15. The molecule has 32 heavy (non-hydrogen) atoms. The highest BCUT2D eigenvalue weighted by Gasteiger charge is 2.22.